The van der Waals surface area contributed by atoms with Gasteiger partial charge in [-0.25, -0.2) is 8.42 Å². The molecule has 2 fully saturated rings. The fourth-order valence-corrected chi connectivity index (χ4v) is 4.99. The van der Waals surface area contributed by atoms with Gasteiger partial charge in [-0.2, -0.15) is 4.31 Å². The largest absolute Gasteiger partial charge is 0.377 e. The van der Waals surface area contributed by atoms with Crippen molar-refractivity contribution >= 4 is 10.0 Å². The Hall–Kier alpha value is -0.950. The summed E-state index contributed by atoms with van der Waals surface area (Å²) in [4.78, 5) is 2.34. The van der Waals surface area contributed by atoms with Crippen molar-refractivity contribution in [3.63, 3.8) is 0 Å². The highest BCUT2D eigenvalue weighted by Crippen LogP contribution is 2.16. The molecule has 0 amide bonds. The summed E-state index contributed by atoms with van der Waals surface area (Å²) in [7, 11) is -3.13. The Morgan fingerprint density at radius 2 is 1.83 bits per heavy atom. The number of benzene rings is 1. The summed E-state index contributed by atoms with van der Waals surface area (Å²) in [5, 5.41) is 0. The summed E-state index contributed by atoms with van der Waals surface area (Å²) in [6, 6.07) is 10.1. The maximum Gasteiger partial charge on any atom is 0.214 e. The van der Waals surface area contributed by atoms with Crippen LogP contribution in [0.15, 0.2) is 30.3 Å². The monoisotopic (exact) mass is 352 g/mol. The van der Waals surface area contributed by atoms with Gasteiger partial charge < -0.3 is 4.74 Å². The molecule has 2 aliphatic rings. The van der Waals surface area contributed by atoms with Gasteiger partial charge in [-0.15, -0.1) is 0 Å². The molecule has 1 atom stereocenters. The molecule has 0 radical (unpaired) electrons. The third-order valence-corrected chi connectivity index (χ3v) is 6.88. The van der Waals surface area contributed by atoms with E-state index in [1.54, 1.807) is 4.31 Å². The van der Waals surface area contributed by atoms with Crippen molar-refractivity contribution in [1.82, 2.24) is 9.21 Å². The third-order valence-electron chi connectivity index (χ3n) is 4.92. The summed E-state index contributed by atoms with van der Waals surface area (Å²) in [6.45, 7) is 4.68. The maximum absolute atomic E-state index is 12.5. The van der Waals surface area contributed by atoms with E-state index in [0.717, 1.165) is 45.5 Å². The van der Waals surface area contributed by atoms with E-state index in [1.165, 1.54) is 5.56 Å². The van der Waals surface area contributed by atoms with Crippen LogP contribution in [0.5, 0.6) is 0 Å². The van der Waals surface area contributed by atoms with E-state index in [0.29, 0.717) is 25.6 Å². The number of piperazine rings is 1. The molecule has 2 heterocycles. The van der Waals surface area contributed by atoms with Gasteiger partial charge in [-0.3, -0.25) is 4.90 Å². The first-order valence-corrected chi connectivity index (χ1v) is 10.6. The molecule has 0 aromatic heterocycles. The van der Waals surface area contributed by atoms with Crippen LogP contribution in [-0.4, -0.2) is 68.8 Å². The van der Waals surface area contributed by atoms with E-state index in [9.17, 15) is 8.42 Å². The van der Waals surface area contributed by atoms with Crippen molar-refractivity contribution in [1.29, 1.82) is 0 Å². The lowest BCUT2D eigenvalue weighted by atomic mass is 10.1. The van der Waals surface area contributed by atoms with Gasteiger partial charge in [0.1, 0.15) is 0 Å². The van der Waals surface area contributed by atoms with Crippen LogP contribution in [0.3, 0.4) is 0 Å². The Labute approximate surface area is 145 Å². The van der Waals surface area contributed by atoms with E-state index >= 15 is 0 Å². The molecule has 2 saturated heterocycles. The number of ether oxygens (including phenoxy) is 1. The van der Waals surface area contributed by atoms with Gasteiger partial charge in [0.15, 0.2) is 0 Å². The average molecular weight is 353 g/mol. The fraction of sp³-hybridized carbons (Fsp3) is 0.667. The molecule has 1 aromatic rings. The van der Waals surface area contributed by atoms with Crippen LogP contribution in [0.4, 0.5) is 0 Å². The summed E-state index contributed by atoms with van der Waals surface area (Å²) < 4.78 is 32.4. The molecule has 3 rings (SSSR count). The minimum Gasteiger partial charge on any atom is -0.377 e. The first-order chi connectivity index (χ1) is 11.6. The van der Waals surface area contributed by atoms with Crippen molar-refractivity contribution in [3.8, 4) is 0 Å². The van der Waals surface area contributed by atoms with Crippen LogP contribution in [-0.2, 0) is 21.2 Å². The van der Waals surface area contributed by atoms with Gasteiger partial charge in [-0.05, 0) is 31.2 Å². The standard InChI is InChI=1S/C18H28N2O3S/c21-24(22,15-5-8-17-6-2-1-3-7-17)20-12-10-19(11-13-20)16-18-9-4-14-23-18/h1-3,6-7,18H,4-5,8-16H2. The van der Waals surface area contributed by atoms with E-state index < -0.39 is 10.0 Å². The lowest BCUT2D eigenvalue weighted by Gasteiger charge is -2.35. The Bertz CT molecular complexity index is 592. The fourth-order valence-electron chi connectivity index (χ4n) is 3.50. The summed E-state index contributed by atoms with van der Waals surface area (Å²) in [6.07, 6.45) is 4.14. The third kappa shape index (κ3) is 5.02. The summed E-state index contributed by atoms with van der Waals surface area (Å²) in [5.41, 5.74) is 1.20. The number of hydrogen-bond acceptors (Lipinski definition) is 4. The molecule has 0 N–H and O–H groups in total. The lowest BCUT2D eigenvalue weighted by Crippen LogP contribution is -2.50. The van der Waals surface area contributed by atoms with Crippen molar-refractivity contribution < 1.29 is 13.2 Å². The smallest absolute Gasteiger partial charge is 0.214 e. The van der Waals surface area contributed by atoms with Gasteiger partial charge in [0, 0.05) is 39.3 Å². The molecule has 1 aromatic carbocycles. The predicted molar refractivity (Wildman–Crippen MR) is 95.5 cm³/mol. The van der Waals surface area contributed by atoms with Crippen molar-refractivity contribution in [2.24, 2.45) is 0 Å². The molecule has 5 nitrogen and oxygen atoms in total. The highest BCUT2D eigenvalue weighted by atomic mass is 32.2. The topological polar surface area (TPSA) is 49.9 Å². The van der Waals surface area contributed by atoms with Crippen LogP contribution in [0.25, 0.3) is 0 Å². The zero-order chi connectivity index (χ0) is 16.8. The molecule has 2 aliphatic heterocycles. The van der Waals surface area contributed by atoms with Crippen LogP contribution in [0, 0.1) is 0 Å². The van der Waals surface area contributed by atoms with Gasteiger partial charge in [0.05, 0.1) is 11.9 Å². The summed E-state index contributed by atoms with van der Waals surface area (Å²) >= 11 is 0. The number of sulfonamides is 1. The molecule has 24 heavy (non-hydrogen) atoms. The molecule has 6 heteroatoms. The van der Waals surface area contributed by atoms with Gasteiger partial charge in [0.2, 0.25) is 10.0 Å². The SMILES string of the molecule is O=S(=O)(CCCc1ccccc1)N1CCN(CC2CCCO2)CC1. The molecule has 0 saturated carbocycles. The van der Waals surface area contributed by atoms with Gasteiger partial charge >= 0.3 is 0 Å². The van der Waals surface area contributed by atoms with E-state index in [-0.39, 0.29) is 5.75 Å². The summed E-state index contributed by atoms with van der Waals surface area (Å²) in [5.74, 6) is 0.244. The second-order valence-corrected chi connectivity index (χ2v) is 8.83. The minimum absolute atomic E-state index is 0.244. The van der Waals surface area contributed by atoms with E-state index in [4.69, 9.17) is 4.74 Å². The zero-order valence-corrected chi connectivity index (χ0v) is 15.1. The van der Waals surface area contributed by atoms with Crippen LogP contribution in [0.2, 0.25) is 0 Å². The highest BCUT2D eigenvalue weighted by Gasteiger charge is 2.28. The first-order valence-electron chi connectivity index (χ1n) is 8.99. The highest BCUT2D eigenvalue weighted by molar-refractivity contribution is 7.89. The second-order valence-electron chi connectivity index (χ2n) is 6.74. The number of aryl methyl sites for hydroxylation is 1. The van der Waals surface area contributed by atoms with E-state index in [2.05, 4.69) is 17.0 Å². The molecule has 0 aliphatic carbocycles. The van der Waals surface area contributed by atoms with Crippen molar-refractivity contribution in [3.05, 3.63) is 35.9 Å². The lowest BCUT2D eigenvalue weighted by molar-refractivity contribution is 0.0617. The Balaban J connectivity index is 1.40. The van der Waals surface area contributed by atoms with Gasteiger partial charge in [0.25, 0.3) is 0 Å². The Morgan fingerprint density at radius 3 is 2.50 bits per heavy atom. The zero-order valence-electron chi connectivity index (χ0n) is 14.3. The van der Waals surface area contributed by atoms with Crippen LogP contribution >= 0.6 is 0 Å². The first kappa shape index (κ1) is 17.9. The molecule has 0 spiro atoms. The molecular weight excluding hydrogens is 324 g/mol. The quantitative estimate of drug-likeness (QED) is 0.750. The minimum atomic E-state index is -3.13. The average Bonchev–Trinajstić information content (AvgIpc) is 3.09. The molecule has 0 bridgehead atoms. The number of rotatable bonds is 7. The molecular formula is C18H28N2O3S. The van der Waals surface area contributed by atoms with Crippen molar-refractivity contribution in [2.45, 2.75) is 31.8 Å². The van der Waals surface area contributed by atoms with Crippen LogP contribution < -0.4 is 0 Å². The molecule has 1 unspecified atom stereocenters. The van der Waals surface area contributed by atoms with Crippen molar-refractivity contribution in [2.75, 3.05) is 45.1 Å². The number of nitrogens with zero attached hydrogens (tertiary/aromatic N) is 2. The normalized spacial score (nSPS) is 23.6. The Morgan fingerprint density at radius 1 is 1.08 bits per heavy atom. The molecule has 134 valence electrons. The predicted octanol–water partition coefficient (Wildman–Crippen LogP) is 1.75. The number of hydrogen-bond donors (Lipinski definition) is 0. The van der Waals surface area contributed by atoms with Gasteiger partial charge in [-0.1, -0.05) is 30.3 Å². The van der Waals surface area contributed by atoms with E-state index in [1.807, 2.05) is 18.2 Å². The Kier molecular flexibility index (Phi) is 6.27. The maximum atomic E-state index is 12.5. The van der Waals surface area contributed by atoms with Crippen LogP contribution in [0.1, 0.15) is 24.8 Å². The second kappa shape index (κ2) is 8.43.